The summed E-state index contributed by atoms with van der Waals surface area (Å²) in [5.74, 6) is 2.21. The molecule has 0 fully saturated rings. The van der Waals surface area contributed by atoms with Crippen molar-refractivity contribution in [1.82, 2.24) is 30.1 Å². The Kier molecular flexibility index (Phi) is 8.93. The van der Waals surface area contributed by atoms with Gasteiger partial charge in [-0.1, -0.05) is 31.5 Å². The Balaban J connectivity index is 1.74. The molecule has 0 aliphatic heterocycles. The number of hydrogen-bond acceptors (Lipinski definition) is 7. The number of methoxy groups -OCH3 is 2. The van der Waals surface area contributed by atoms with Crippen molar-refractivity contribution in [1.29, 1.82) is 0 Å². The van der Waals surface area contributed by atoms with Crippen molar-refractivity contribution in [2.45, 2.75) is 78.9 Å². The number of hydrogen-bond donors (Lipinski definition) is 1. The van der Waals surface area contributed by atoms with Gasteiger partial charge in [0.2, 0.25) is 0 Å². The first-order chi connectivity index (χ1) is 19.1. The number of aromatic nitrogens is 5. The van der Waals surface area contributed by atoms with Crippen LogP contribution >= 0.6 is 0 Å². The third-order valence-electron chi connectivity index (χ3n) is 7.94. The molecule has 0 aliphatic carbocycles. The van der Waals surface area contributed by atoms with E-state index < -0.39 is 0 Å². The number of pyridine rings is 1. The number of aryl methyl sites for hydroxylation is 2. The molecule has 0 spiro atoms. The average molecular weight is 547 g/mol. The fourth-order valence-electron chi connectivity index (χ4n) is 5.31. The van der Waals surface area contributed by atoms with Crippen molar-refractivity contribution in [2.75, 3.05) is 20.8 Å². The summed E-state index contributed by atoms with van der Waals surface area (Å²) in [4.78, 5) is 18.8. The fraction of sp³-hybridized carbons (Fsp3) is 0.484. The molecule has 2 heterocycles. The van der Waals surface area contributed by atoms with Crippen LogP contribution in [0.4, 0.5) is 0 Å². The van der Waals surface area contributed by atoms with Gasteiger partial charge < -0.3 is 14.5 Å². The number of fused-ring (bicyclic) bond motifs is 1. The third-order valence-corrected chi connectivity index (χ3v) is 7.94. The Morgan fingerprint density at radius 1 is 1.05 bits per heavy atom. The zero-order valence-corrected chi connectivity index (χ0v) is 25.0. The molecule has 0 bridgehead atoms. The molecule has 0 aliphatic rings. The normalized spacial score (nSPS) is 12.7. The van der Waals surface area contributed by atoms with Crippen molar-refractivity contribution >= 4 is 10.9 Å². The SMILES string of the molecule is CC[C@@H](c1nnnn1C(C)(C)CC)N(CCc1ccc(OC)c(OC)c1)Cc1cc2cc(C)cc(C)c2[nH]c1=O. The van der Waals surface area contributed by atoms with Gasteiger partial charge in [-0.2, -0.15) is 0 Å². The van der Waals surface area contributed by atoms with Gasteiger partial charge in [0.15, 0.2) is 17.3 Å². The first-order valence-electron chi connectivity index (χ1n) is 14.0. The lowest BCUT2D eigenvalue weighted by atomic mass is 10.0. The van der Waals surface area contributed by atoms with Crippen molar-refractivity contribution < 1.29 is 9.47 Å². The van der Waals surface area contributed by atoms with Gasteiger partial charge in [-0.3, -0.25) is 9.69 Å². The maximum absolute atomic E-state index is 13.3. The summed E-state index contributed by atoms with van der Waals surface area (Å²) in [6, 6.07) is 12.2. The number of aromatic amines is 1. The van der Waals surface area contributed by atoms with Crippen molar-refractivity contribution in [3.05, 3.63) is 74.8 Å². The van der Waals surface area contributed by atoms with E-state index in [-0.39, 0.29) is 17.1 Å². The summed E-state index contributed by atoms with van der Waals surface area (Å²) >= 11 is 0. The minimum atomic E-state index is -0.239. The van der Waals surface area contributed by atoms with Gasteiger partial charge in [-0.25, -0.2) is 4.68 Å². The Morgan fingerprint density at radius 3 is 2.48 bits per heavy atom. The van der Waals surface area contributed by atoms with E-state index in [4.69, 9.17) is 9.47 Å². The van der Waals surface area contributed by atoms with Gasteiger partial charge in [0, 0.05) is 18.7 Å². The monoisotopic (exact) mass is 546 g/mol. The number of nitrogens with one attached hydrogen (secondary N) is 1. The van der Waals surface area contributed by atoms with Crippen molar-refractivity contribution in [2.24, 2.45) is 0 Å². The Bertz CT molecular complexity index is 1520. The number of tetrazole rings is 1. The lowest BCUT2D eigenvalue weighted by molar-refractivity contribution is 0.160. The highest BCUT2D eigenvalue weighted by atomic mass is 16.5. The molecule has 4 aromatic rings. The van der Waals surface area contributed by atoms with E-state index in [0.717, 1.165) is 52.7 Å². The second-order valence-electron chi connectivity index (χ2n) is 11.1. The van der Waals surface area contributed by atoms with Crippen LogP contribution in [-0.2, 0) is 18.5 Å². The van der Waals surface area contributed by atoms with Crippen LogP contribution in [0.2, 0.25) is 0 Å². The van der Waals surface area contributed by atoms with E-state index in [9.17, 15) is 4.79 Å². The minimum Gasteiger partial charge on any atom is -0.493 e. The summed E-state index contributed by atoms with van der Waals surface area (Å²) in [6.07, 6.45) is 2.42. The summed E-state index contributed by atoms with van der Waals surface area (Å²) in [5, 5.41) is 14.0. The van der Waals surface area contributed by atoms with Crippen LogP contribution in [0, 0.1) is 13.8 Å². The maximum Gasteiger partial charge on any atom is 0.252 e. The smallest absolute Gasteiger partial charge is 0.252 e. The molecule has 4 rings (SSSR count). The van der Waals surface area contributed by atoms with Gasteiger partial charge >= 0.3 is 0 Å². The molecular weight excluding hydrogens is 504 g/mol. The fourth-order valence-corrected chi connectivity index (χ4v) is 5.31. The average Bonchev–Trinajstić information content (AvgIpc) is 3.43. The van der Waals surface area contributed by atoms with Crippen LogP contribution < -0.4 is 15.0 Å². The third kappa shape index (κ3) is 6.04. The Morgan fingerprint density at radius 2 is 1.80 bits per heavy atom. The lowest BCUT2D eigenvalue weighted by Crippen LogP contribution is -2.37. The van der Waals surface area contributed by atoms with Crippen LogP contribution in [0.1, 0.15) is 74.7 Å². The summed E-state index contributed by atoms with van der Waals surface area (Å²) in [7, 11) is 3.28. The number of benzene rings is 2. The molecule has 1 N–H and O–H groups in total. The molecule has 1 atom stereocenters. The van der Waals surface area contributed by atoms with Gasteiger partial charge in [0.05, 0.1) is 31.3 Å². The van der Waals surface area contributed by atoms with Crippen molar-refractivity contribution in [3.63, 3.8) is 0 Å². The van der Waals surface area contributed by atoms with Gasteiger partial charge in [0.25, 0.3) is 5.56 Å². The molecule has 214 valence electrons. The highest BCUT2D eigenvalue weighted by Crippen LogP contribution is 2.31. The number of ether oxygens (including phenoxy) is 2. The topological polar surface area (TPSA) is 98.2 Å². The van der Waals surface area contributed by atoms with Gasteiger partial charge in [0.1, 0.15) is 0 Å². The highest BCUT2D eigenvalue weighted by molar-refractivity contribution is 5.82. The second kappa shape index (κ2) is 12.2. The largest absolute Gasteiger partial charge is 0.493 e. The molecule has 0 saturated carbocycles. The van der Waals surface area contributed by atoms with Crippen LogP contribution in [0.5, 0.6) is 11.5 Å². The van der Waals surface area contributed by atoms with Crippen molar-refractivity contribution in [3.8, 4) is 11.5 Å². The molecule has 40 heavy (non-hydrogen) atoms. The molecule has 0 unspecified atom stereocenters. The molecule has 9 heteroatoms. The zero-order valence-electron chi connectivity index (χ0n) is 25.0. The summed E-state index contributed by atoms with van der Waals surface area (Å²) in [6.45, 7) is 13.8. The first kappa shape index (κ1) is 29.3. The Hall–Kier alpha value is -3.72. The summed E-state index contributed by atoms with van der Waals surface area (Å²) in [5.41, 5.74) is 4.64. The van der Waals surface area contributed by atoms with Crippen LogP contribution in [0.3, 0.4) is 0 Å². The van der Waals surface area contributed by atoms with Crippen LogP contribution in [0.15, 0.2) is 41.2 Å². The predicted molar refractivity (Wildman–Crippen MR) is 158 cm³/mol. The number of nitrogens with zero attached hydrogens (tertiary/aromatic N) is 5. The van der Waals surface area contributed by atoms with Gasteiger partial charge in [-0.05, 0) is 98.2 Å². The van der Waals surface area contributed by atoms with Gasteiger partial charge in [-0.15, -0.1) is 5.10 Å². The standard InChI is InChI=1S/C31H42N6O3/c1-9-25(29-33-34-35-37(29)31(5,6)10-2)36(14-13-22-11-12-26(39-7)27(17-22)40-8)19-24-18-23-16-20(3)15-21(4)28(23)32-30(24)38/h11-12,15-18,25H,9-10,13-14,19H2,1-8H3,(H,32,38)/t25-/m0/s1. The van der Waals surface area contributed by atoms with E-state index in [1.807, 2.05) is 29.8 Å². The first-order valence-corrected chi connectivity index (χ1v) is 14.0. The highest BCUT2D eigenvalue weighted by Gasteiger charge is 2.31. The zero-order chi connectivity index (χ0) is 29.0. The number of rotatable bonds is 12. The molecule has 2 aromatic carbocycles. The van der Waals surface area contributed by atoms with Crippen LogP contribution in [-0.4, -0.2) is 50.9 Å². The predicted octanol–water partition coefficient (Wildman–Crippen LogP) is 5.49. The molecule has 9 nitrogen and oxygen atoms in total. The summed E-state index contributed by atoms with van der Waals surface area (Å²) < 4.78 is 12.9. The van der Waals surface area contributed by atoms with E-state index in [1.54, 1.807) is 14.2 Å². The van der Waals surface area contributed by atoms with E-state index >= 15 is 0 Å². The second-order valence-corrected chi connectivity index (χ2v) is 11.1. The molecule has 0 saturated heterocycles. The quantitative estimate of drug-likeness (QED) is 0.251. The molecule has 0 amide bonds. The Labute approximate surface area is 236 Å². The van der Waals surface area contributed by atoms with E-state index in [2.05, 4.69) is 78.2 Å². The van der Waals surface area contributed by atoms with E-state index in [1.165, 1.54) is 5.56 Å². The molecule has 0 radical (unpaired) electrons. The molecular formula is C31H42N6O3. The lowest BCUT2D eigenvalue weighted by Gasteiger charge is -2.33. The van der Waals surface area contributed by atoms with E-state index in [0.29, 0.717) is 24.6 Å². The minimum absolute atomic E-state index is 0.0705. The number of H-pyrrole nitrogens is 1. The molecule has 2 aromatic heterocycles. The maximum atomic E-state index is 13.3. The van der Waals surface area contributed by atoms with Crippen LogP contribution in [0.25, 0.3) is 10.9 Å².